The molecule has 168 valence electrons. The van der Waals surface area contributed by atoms with Gasteiger partial charge in [0.05, 0.1) is 18.5 Å². The Labute approximate surface area is 191 Å². The molecule has 33 heavy (non-hydrogen) atoms. The predicted molar refractivity (Wildman–Crippen MR) is 124 cm³/mol. The minimum Gasteiger partial charge on any atom is -0.464 e. The Morgan fingerprint density at radius 3 is 2.70 bits per heavy atom. The summed E-state index contributed by atoms with van der Waals surface area (Å²) in [5.74, 6) is 0.735. The molecule has 7 heteroatoms. The molecule has 6 nitrogen and oxygen atoms in total. The fourth-order valence-corrected chi connectivity index (χ4v) is 4.37. The third-order valence-electron chi connectivity index (χ3n) is 6.04. The lowest BCUT2D eigenvalue weighted by atomic mass is 10.0. The first-order valence-electron chi connectivity index (χ1n) is 11.1. The minimum atomic E-state index is -0.432. The summed E-state index contributed by atoms with van der Waals surface area (Å²) in [4.78, 5) is 15.0. The SMILES string of the molecule is O=C(Nc1ccnn1C1CCN(Cc2cccc(-c3ccco3)c2)CC1)c1cccc(F)c1. The highest BCUT2D eigenvalue weighted by Gasteiger charge is 2.23. The zero-order chi connectivity index (χ0) is 22.6. The van der Waals surface area contributed by atoms with Gasteiger partial charge in [0.1, 0.15) is 17.4 Å². The Bertz CT molecular complexity index is 1230. The number of carbonyl (C=O) groups is 1. The molecule has 1 fully saturated rings. The average Bonchev–Trinajstić information content (AvgIpc) is 3.52. The number of hydrogen-bond donors (Lipinski definition) is 1. The van der Waals surface area contributed by atoms with Crippen LogP contribution in [0.15, 0.2) is 83.6 Å². The molecular formula is C26H25FN4O2. The van der Waals surface area contributed by atoms with E-state index < -0.39 is 5.82 Å². The van der Waals surface area contributed by atoms with Gasteiger partial charge in [-0.15, -0.1) is 0 Å². The molecule has 2 aromatic carbocycles. The number of furan rings is 1. The van der Waals surface area contributed by atoms with Crippen LogP contribution >= 0.6 is 0 Å². The number of halogens is 1. The smallest absolute Gasteiger partial charge is 0.256 e. The molecule has 3 heterocycles. The van der Waals surface area contributed by atoms with Crippen LogP contribution in [0.1, 0.15) is 34.8 Å². The second-order valence-electron chi connectivity index (χ2n) is 8.31. The highest BCUT2D eigenvalue weighted by Crippen LogP contribution is 2.27. The number of carbonyl (C=O) groups excluding carboxylic acids is 1. The highest BCUT2D eigenvalue weighted by atomic mass is 19.1. The van der Waals surface area contributed by atoms with Crippen molar-refractivity contribution in [3.63, 3.8) is 0 Å². The van der Waals surface area contributed by atoms with Gasteiger partial charge in [-0.2, -0.15) is 5.10 Å². The summed E-state index contributed by atoms with van der Waals surface area (Å²) < 4.78 is 20.9. The van der Waals surface area contributed by atoms with Gasteiger partial charge in [-0.25, -0.2) is 9.07 Å². The summed E-state index contributed by atoms with van der Waals surface area (Å²) in [6, 6.07) is 20.0. The molecule has 0 spiro atoms. The van der Waals surface area contributed by atoms with Crippen molar-refractivity contribution in [3.05, 3.63) is 96.1 Å². The van der Waals surface area contributed by atoms with Crippen molar-refractivity contribution in [2.45, 2.75) is 25.4 Å². The summed E-state index contributed by atoms with van der Waals surface area (Å²) in [5.41, 5.74) is 2.63. The number of rotatable bonds is 6. The molecule has 1 N–H and O–H groups in total. The van der Waals surface area contributed by atoms with Crippen LogP contribution in [0.25, 0.3) is 11.3 Å². The van der Waals surface area contributed by atoms with Gasteiger partial charge >= 0.3 is 0 Å². The maximum atomic E-state index is 13.5. The van der Waals surface area contributed by atoms with Crippen LogP contribution in [0.2, 0.25) is 0 Å². The number of nitrogens with one attached hydrogen (secondary N) is 1. The molecule has 0 saturated carbocycles. The Kier molecular flexibility index (Phi) is 6.04. The summed E-state index contributed by atoms with van der Waals surface area (Å²) in [6.07, 6.45) is 5.25. The number of benzene rings is 2. The van der Waals surface area contributed by atoms with Crippen molar-refractivity contribution in [3.8, 4) is 11.3 Å². The van der Waals surface area contributed by atoms with Crippen molar-refractivity contribution >= 4 is 11.7 Å². The quantitative estimate of drug-likeness (QED) is 0.434. The van der Waals surface area contributed by atoms with Crippen LogP contribution in [-0.4, -0.2) is 33.7 Å². The van der Waals surface area contributed by atoms with E-state index in [2.05, 4.69) is 39.6 Å². The first-order chi connectivity index (χ1) is 16.2. The van der Waals surface area contributed by atoms with Crippen LogP contribution in [0.5, 0.6) is 0 Å². The monoisotopic (exact) mass is 444 g/mol. The molecule has 0 aliphatic carbocycles. The number of piperidine rings is 1. The molecule has 2 aromatic heterocycles. The van der Waals surface area contributed by atoms with E-state index in [1.165, 1.54) is 23.8 Å². The van der Waals surface area contributed by atoms with Gasteiger partial charge in [0, 0.05) is 36.8 Å². The minimum absolute atomic E-state index is 0.202. The largest absolute Gasteiger partial charge is 0.464 e. The van der Waals surface area contributed by atoms with E-state index in [1.807, 2.05) is 16.8 Å². The summed E-state index contributed by atoms with van der Waals surface area (Å²) in [5, 5.41) is 7.33. The molecule has 0 bridgehead atoms. The van der Waals surface area contributed by atoms with Gasteiger partial charge < -0.3 is 9.73 Å². The maximum absolute atomic E-state index is 13.5. The van der Waals surface area contributed by atoms with Crippen LogP contribution in [-0.2, 0) is 6.54 Å². The number of aromatic nitrogens is 2. The molecule has 1 amide bonds. The van der Waals surface area contributed by atoms with E-state index in [0.29, 0.717) is 5.82 Å². The van der Waals surface area contributed by atoms with Crippen LogP contribution < -0.4 is 5.32 Å². The summed E-state index contributed by atoms with van der Waals surface area (Å²) in [7, 11) is 0. The number of hydrogen-bond acceptors (Lipinski definition) is 4. The third kappa shape index (κ3) is 4.88. The normalized spacial score (nSPS) is 14.9. The van der Waals surface area contributed by atoms with Gasteiger partial charge in [-0.1, -0.05) is 24.3 Å². The Morgan fingerprint density at radius 2 is 1.91 bits per heavy atom. The maximum Gasteiger partial charge on any atom is 0.256 e. The van der Waals surface area contributed by atoms with Crippen molar-refractivity contribution in [1.29, 1.82) is 0 Å². The van der Waals surface area contributed by atoms with Gasteiger partial charge in [0.2, 0.25) is 0 Å². The second-order valence-corrected chi connectivity index (χ2v) is 8.31. The topological polar surface area (TPSA) is 63.3 Å². The van der Waals surface area contributed by atoms with E-state index in [4.69, 9.17) is 4.42 Å². The number of nitrogens with zero attached hydrogens (tertiary/aromatic N) is 3. The molecule has 1 saturated heterocycles. The lowest BCUT2D eigenvalue weighted by Crippen LogP contribution is -2.35. The number of anilines is 1. The molecule has 0 radical (unpaired) electrons. The number of likely N-dealkylation sites (tertiary alicyclic amines) is 1. The van der Waals surface area contributed by atoms with Gasteiger partial charge in [0.15, 0.2) is 0 Å². The first kappa shape index (κ1) is 21.2. The summed E-state index contributed by atoms with van der Waals surface area (Å²) in [6.45, 7) is 2.75. The third-order valence-corrected chi connectivity index (χ3v) is 6.04. The second kappa shape index (κ2) is 9.42. The summed E-state index contributed by atoms with van der Waals surface area (Å²) >= 11 is 0. The van der Waals surface area contributed by atoms with Crippen LogP contribution in [0, 0.1) is 5.82 Å². The first-order valence-corrected chi connectivity index (χ1v) is 11.1. The molecule has 5 rings (SSSR count). The Balaban J connectivity index is 1.20. The zero-order valence-electron chi connectivity index (χ0n) is 18.2. The molecule has 0 atom stereocenters. The van der Waals surface area contributed by atoms with Crippen molar-refractivity contribution in [2.24, 2.45) is 0 Å². The lowest BCUT2D eigenvalue weighted by molar-refractivity contribution is 0.102. The van der Waals surface area contributed by atoms with E-state index in [-0.39, 0.29) is 17.5 Å². The van der Waals surface area contributed by atoms with E-state index in [1.54, 1.807) is 24.6 Å². The molecule has 4 aromatic rings. The lowest BCUT2D eigenvalue weighted by Gasteiger charge is -2.32. The van der Waals surface area contributed by atoms with Crippen LogP contribution in [0.4, 0.5) is 10.2 Å². The van der Waals surface area contributed by atoms with Gasteiger partial charge in [-0.05, 0) is 54.8 Å². The van der Waals surface area contributed by atoms with E-state index in [9.17, 15) is 9.18 Å². The number of amides is 1. The van der Waals surface area contributed by atoms with Gasteiger partial charge in [-0.3, -0.25) is 9.69 Å². The predicted octanol–water partition coefficient (Wildman–Crippen LogP) is 5.37. The van der Waals surface area contributed by atoms with E-state index >= 15 is 0 Å². The van der Waals surface area contributed by atoms with Crippen molar-refractivity contribution < 1.29 is 13.6 Å². The molecule has 1 aliphatic heterocycles. The van der Waals surface area contributed by atoms with Crippen LogP contribution in [0.3, 0.4) is 0 Å². The fourth-order valence-electron chi connectivity index (χ4n) is 4.37. The highest BCUT2D eigenvalue weighted by molar-refractivity contribution is 6.03. The Morgan fingerprint density at radius 1 is 1.06 bits per heavy atom. The molecule has 0 unspecified atom stereocenters. The standard InChI is InChI=1S/C26H25FN4O2/c27-22-7-2-6-21(17-22)26(32)29-25-9-12-28-31(25)23-10-13-30(14-11-23)18-19-4-1-5-20(16-19)24-8-3-15-33-24/h1-9,12,15-17,23H,10-11,13-14,18H2,(H,29,32). The van der Waals surface area contributed by atoms with E-state index in [0.717, 1.165) is 43.8 Å². The van der Waals surface area contributed by atoms with Crippen molar-refractivity contribution in [1.82, 2.24) is 14.7 Å². The molecular weight excluding hydrogens is 419 g/mol. The average molecular weight is 445 g/mol. The van der Waals surface area contributed by atoms with Crippen molar-refractivity contribution in [2.75, 3.05) is 18.4 Å². The van der Waals surface area contributed by atoms with Gasteiger partial charge in [0.25, 0.3) is 5.91 Å². The zero-order valence-corrected chi connectivity index (χ0v) is 18.2. The fraction of sp³-hybridized carbons (Fsp3) is 0.231. The Hall–Kier alpha value is -3.71. The molecule has 1 aliphatic rings.